The number of hydrogen-bond acceptors (Lipinski definition) is 6. The second kappa shape index (κ2) is 8.11. The molecule has 31 heavy (non-hydrogen) atoms. The molecule has 8 heteroatoms. The summed E-state index contributed by atoms with van der Waals surface area (Å²) in [5.74, 6) is 0.688. The Bertz CT molecular complexity index is 1070. The highest BCUT2D eigenvalue weighted by atomic mass is 16.3. The first-order valence-electron chi connectivity index (χ1n) is 10.7. The molecule has 0 unspecified atom stereocenters. The number of carbonyl (C=O) groups excluding carboxylic acids is 1. The van der Waals surface area contributed by atoms with Gasteiger partial charge in [-0.25, -0.2) is 4.68 Å². The Hall–Kier alpha value is -3.26. The Morgan fingerprint density at radius 2 is 1.94 bits per heavy atom. The Morgan fingerprint density at radius 3 is 2.71 bits per heavy atom. The van der Waals surface area contributed by atoms with E-state index in [9.17, 15) is 9.90 Å². The Kier molecular flexibility index (Phi) is 5.15. The number of nitrogens with one attached hydrogen (secondary N) is 1. The van der Waals surface area contributed by atoms with E-state index >= 15 is 0 Å². The summed E-state index contributed by atoms with van der Waals surface area (Å²) in [6.45, 7) is 1.39. The zero-order chi connectivity index (χ0) is 21.4. The van der Waals surface area contributed by atoms with Crippen LogP contribution in [0.1, 0.15) is 29.2 Å². The van der Waals surface area contributed by atoms with E-state index in [4.69, 9.17) is 0 Å². The number of rotatable bonds is 4. The van der Waals surface area contributed by atoms with Gasteiger partial charge in [-0.3, -0.25) is 9.78 Å². The van der Waals surface area contributed by atoms with Gasteiger partial charge in [0.15, 0.2) is 0 Å². The standard InChI is InChI=1S/C23H26N6O2/c1-24-19-7-3-2-6-18(19)23(31)28-12-16-9-21(22(30)10-17(16)13-28)29-14-20(26-27-29)15-5-4-8-25-11-15/h2-8,11,14,16-17,21-22,24,30H,9-10,12-13H2,1H3/t16-,17+,21-,22-/m1/s1. The summed E-state index contributed by atoms with van der Waals surface area (Å²) in [6.07, 6.45) is 6.29. The lowest BCUT2D eigenvalue weighted by Crippen LogP contribution is -2.36. The van der Waals surface area contributed by atoms with Gasteiger partial charge in [0.1, 0.15) is 5.69 Å². The van der Waals surface area contributed by atoms with Gasteiger partial charge in [0.05, 0.1) is 23.9 Å². The SMILES string of the molecule is CNc1ccccc1C(=O)N1C[C@H]2C[C@@H](n3cc(-c4cccnc4)nn3)[C@H](O)C[C@H]2C1. The van der Waals surface area contributed by atoms with Crippen LogP contribution < -0.4 is 5.32 Å². The number of nitrogens with zero attached hydrogens (tertiary/aromatic N) is 5. The Balaban J connectivity index is 1.31. The van der Waals surface area contributed by atoms with Gasteiger partial charge >= 0.3 is 0 Å². The molecule has 3 aromatic rings. The molecule has 8 nitrogen and oxygen atoms in total. The lowest BCUT2D eigenvalue weighted by atomic mass is 9.77. The molecule has 160 valence electrons. The molecule has 5 rings (SSSR count). The quantitative estimate of drug-likeness (QED) is 0.676. The molecule has 2 fully saturated rings. The van der Waals surface area contributed by atoms with E-state index in [1.54, 1.807) is 17.1 Å². The van der Waals surface area contributed by atoms with Crippen LogP contribution in [0, 0.1) is 11.8 Å². The van der Waals surface area contributed by atoms with Crippen LogP contribution >= 0.6 is 0 Å². The van der Waals surface area contributed by atoms with E-state index in [0.717, 1.165) is 23.4 Å². The zero-order valence-corrected chi connectivity index (χ0v) is 17.4. The topological polar surface area (TPSA) is 96.2 Å². The summed E-state index contributed by atoms with van der Waals surface area (Å²) in [5.41, 5.74) is 3.18. The molecule has 4 atom stereocenters. The minimum Gasteiger partial charge on any atom is -0.391 e. The van der Waals surface area contributed by atoms with E-state index in [-0.39, 0.29) is 11.9 Å². The molecular formula is C23H26N6O2. The van der Waals surface area contributed by atoms with Gasteiger partial charge in [0, 0.05) is 43.8 Å². The van der Waals surface area contributed by atoms with Crippen molar-refractivity contribution in [1.29, 1.82) is 0 Å². The summed E-state index contributed by atoms with van der Waals surface area (Å²) in [4.78, 5) is 19.2. The van der Waals surface area contributed by atoms with Crippen LogP contribution in [0.2, 0.25) is 0 Å². The fraction of sp³-hybridized carbons (Fsp3) is 0.391. The van der Waals surface area contributed by atoms with Crippen LogP contribution in [-0.4, -0.2) is 62.1 Å². The molecule has 1 amide bonds. The molecule has 1 saturated heterocycles. The molecule has 1 aromatic carbocycles. The molecular weight excluding hydrogens is 392 g/mol. The smallest absolute Gasteiger partial charge is 0.255 e. The fourth-order valence-corrected chi connectivity index (χ4v) is 5.00. The normalized spacial score (nSPS) is 25.3. The minimum absolute atomic E-state index is 0.0463. The number of aliphatic hydroxyl groups excluding tert-OH is 1. The van der Waals surface area contributed by atoms with Crippen molar-refractivity contribution in [2.45, 2.75) is 25.0 Å². The summed E-state index contributed by atoms with van der Waals surface area (Å²) < 4.78 is 1.78. The number of likely N-dealkylation sites (tertiary alicyclic amines) is 1. The minimum atomic E-state index is -0.510. The maximum absolute atomic E-state index is 13.2. The van der Waals surface area contributed by atoms with Crippen molar-refractivity contribution >= 4 is 11.6 Å². The van der Waals surface area contributed by atoms with Gasteiger partial charge in [-0.2, -0.15) is 0 Å². The summed E-state index contributed by atoms with van der Waals surface area (Å²) in [6, 6.07) is 11.3. The van der Waals surface area contributed by atoms with E-state index in [2.05, 4.69) is 20.6 Å². The lowest BCUT2D eigenvalue weighted by Gasteiger charge is -2.34. The molecule has 1 aliphatic heterocycles. The van der Waals surface area contributed by atoms with Crippen LogP contribution in [0.4, 0.5) is 5.69 Å². The molecule has 2 aromatic heterocycles. The van der Waals surface area contributed by atoms with Crippen LogP contribution in [0.3, 0.4) is 0 Å². The maximum Gasteiger partial charge on any atom is 0.255 e. The summed E-state index contributed by atoms with van der Waals surface area (Å²) in [7, 11) is 1.83. The highest BCUT2D eigenvalue weighted by molar-refractivity contribution is 5.99. The van der Waals surface area contributed by atoms with Crippen molar-refractivity contribution < 1.29 is 9.90 Å². The summed E-state index contributed by atoms with van der Waals surface area (Å²) >= 11 is 0. The van der Waals surface area contributed by atoms with Crippen LogP contribution in [0.5, 0.6) is 0 Å². The third kappa shape index (κ3) is 3.67. The highest BCUT2D eigenvalue weighted by Crippen LogP contribution is 2.41. The molecule has 2 N–H and O–H groups in total. The Morgan fingerprint density at radius 1 is 1.13 bits per heavy atom. The number of hydrogen-bond donors (Lipinski definition) is 2. The number of para-hydroxylation sites is 1. The van der Waals surface area contributed by atoms with Crippen LogP contribution in [0.15, 0.2) is 55.0 Å². The largest absolute Gasteiger partial charge is 0.391 e. The van der Waals surface area contributed by atoms with E-state index in [1.807, 2.05) is 54.5 Å². The van der Waals surface area contributed by atoms with Gasteiger partial charge in [0.2, 0.25) is 0 Å². The average Bonchev–Trinajstić information content (AvgIpc) is 3.45. The number of pyridine rings is 1. The van der Waals surface area contributed by atoms with E-state index in [0.29, 0.717) is 36.9 Å². The number of carbonyl (C=O) groups is 1. The first-order valence-corrected chi connectivity index (χ1v) is 10.7. The number of amides is 1. The van der Waals surface area contributed by atoms with Crippen molar-refractivity contribution in [3.05, 3.63) is 60.6 Å². The lowest BCUT2D eigenvalue weighted by molar-refractivity contribution is 0.0298. The predicted molar refractivity (Wildman–Crippen MR) is 116 cm³/mol. The van der Waals surface area contributed by atoms with E-state index in [1.165, 1.54) is 0 Å². The molecule has 0 spiro atoms. The monoisotopic (exact) mass is 418 g/mol. The highest BCUT2D eigenvalue weighted by Gasteiger charge is 2.44. The fourth-order valence-electron chi connectivity index (χ4n) is 5.00. The Labute approximate surface area is 180 Å². The number of aromatic nitrogens is 4. The summed E-state index contributed by atoms with van der Waals surface area (Å²) in [5, 5.41) is 22.5. The van der Waals surface area contributed by atoms with E-state index < -0.39 is 6.10 Å². The third-order valence-corrected chi connectivity index (χ3v) is 6.63. The molecule has 0 radical (unpaired) electrons. The average molecular weight is 419 g/mol. The number of benzene rings is 1. The molecule has 2 aliphatic rings. The molecule has 0 bridgehead atoms. The second-order valence-corrected chi connectivity index (χ2v) is 8.46. The van der Waals surface area contributed by atoms with Crippen molar-refractivity contribution in [3.8, 4) is 11.3 Å². The first kappa shape index (κ1) is 19.7. The second-order valence-electron chi connectivity index (χ2n) is 8.46. The number of anilines is 1. The van der Waals surface area contributed by atoms with Crippen molar-refractivity contribution in [2.24, 2.45) is 11.8 Å². The zero-order valence-electron chi connectivity index (χ0n) is 17.4. The molecule has 3 heterocycles. The molecule has 1 aliphatic carbocycles. The van der Waals surface area contributed by atoms with Crippen LogP contribution in [0.25, 0.3) is 11.3 Å². The predicted octanol–water partition coefficient (Wildman–Crippen LogP) is 2.47. The van der Waals surface area contributed by atoms with Gasteiger partial charge < -0.3 is 15.3 Å². The number of aliphatic hydroxyl groups is 1. The van der Waals surface area contributed by atoms with Gasteiger partial charge in [0.25, 0.3) is 5.91 Å². The first-order chi connectivity index (χ1) is 15.1. The van der Waals surface area contributed by atoms with Crippen molar-refractivity contribution in [1.82, 2.24) is 24.9 Å². The van der Waals surface area contributed by atoms with Crippen molar-refractivity contribution in [2.75, 3.05) is 25.5 Å². The van der Waals surface area contributed by atoms with Gasteiger partial charge in [-0.15, -0.1) is 5.10 Å². The van der Waals surface area contributed by atoms with Crippen molar-refractivity contribution in [3.63, 3.8) is 0 Å². The third-order valence-electron chi connectivity index (χ3n) is 6.63. The molecule has 1 saturated carbocycles. The van der Waals surface area contributed by atoms with Crippen LogP contribution in [-0.2, 0) is 0 Å². The maximum atomic E-state index is 13.2. The number of fused-ring (bicyclic) bond motifs is 1. The van der Waals surface area contributed by atoms with Gasteiger partial charge in [-0.1, -0.05) is 17.3 Å². The van der Waals surface area contributed by atoms with Gasteiger partial charge in [-0.05, 0) is 48.9 Å².